The van der Waals surface area contributed by atoms with Gasteiger partial charge in [0.05, 0.1) is 17.7 Å². The first-order valence-electron chi connectivity index (χ1n) is 5.81. The van der Waals surface area contributed by atoms with Gasteiger partial charge in [-0.3, -0.25) is 4.79 Å². The van der Waals surface area contributed by atoms with E-state index in [0.717, 1.165) is 23.7 Å². The van der Waals surface area contributed by atoms with E-state index >= 15 is 0 Å². The Morgan fingerprint density at radius 2 is 2.16 bits per heavy atom. The van der Waals surface area contributed by atoms with Crippen molar-refractivity contribution in [2.24, 2.45) is 0 Å². The monoisotopic (exact) mass is 300 g/mol. The Morgan fingerprint density at radius 1 is 1.42 bits per heavy atom. The maximum absolute atomic E-state index is 11.3. The Hall–Kier alpha value is -1.27. The number of halogens is 1. The fourth-order valence-electron chi connectivity index (χ4n) is 1.72. The molecule has 104 valence electrons. The maximum atomic E-state index is 11.3. The molecule has 0 fully saturated rings. The van der Waals surface area contributed by atoms with Gasteiger partial charge in [0, 0.05) is 24.1 Å². The van der Waals surface area contributed by atoms with Crippen molar-refractivity contribution in [3.05, 3.63) is 39.8 Å². The Balaban J connectivity index is 0.00000180. The number of hydrogen-bond acceptors (Lipinski definition) is 4. The minimum absolute atomic E-state index is 0. The lowest BCUT2D eigenvalue weighted by Gasteiger charge is -2.06. The summed E-state index contributed by atoms with van der Waals surface area (Å²) in [6.07, 6.45) is 1.84. The molecule has 0 unspecified atom stereocenters. The number of aromatic nitrogens is 4. The highest BCUT2D eigenvalue weighted by molar-refractivity contribution is 7.98. The first kappa shape index (κ1) is 15.8. The second-order valence-electron chi connectivity index (χ2n) is 4.04. The molecule has 1 N–H and O–H groups in total. The third kappa shape index (κ3) is 3.84. The van der Waals surface area contributed by atoms with Crippen molar-refractivity contribution in [2.45, 2.75) is 38.2 Å². The van der Waals surface area contributed by atoms with Gasteiger partial charge < -0.3 is 9.55 Å². The second kappa shape index (κ2) is 6.77. The summed E-state index contributed by atoms with van der Waals surface area (Å²) in [6, 6.07) is 1.49. The van der Waals surface area contributed by atoms with Crippen LogP contribution in [0.25, 0.3) is 0 Å². The van der Waals surface area contributed by atoms with Gasteiger partial charge in [0.2, 0.25) is 0 Å². The first-order valence-corrected chi connectivity index (χ1v) is 6.80. The van der Waals surface area contributed by atoms with E-state index < -0.39 is 0 Å². The summed E-state index contributed by atoms with van der Waals surface area (Å²) in [6.45, 7) is 6.80. The van der Waals surface area contributed by atoms with Gasteiger partial charge in [0.25, 0.3) is 5.56 Å². The molecular formula is C12H17ClN4OS. The van der Waals surface area contributed by atoms with Crippen LogP contribution in [-0.2, 0) is 12.3 Å². The highest BCUT2D eigenvalue weighted by atomic mass is 35.5. The van der Waals surface area contributed by atoms with E-state index in [1.54, 1.807) is 0 Å². The largest absolute Gasteiger partial charge is 0.334 e. The van der Waals surface area contributed by atoms with Crippen LogP contribution in [0.2, 0.25) is 0 Å². The van der Waals surface area contributed by atoms with E-state index in [9.17, 15) is 4.79 Å². The fourth-order valence-corrected chi connectivity index (χ4v) is 2.75. The zero-order valence-corrected chi connectivity index (χ0v) is 12.8. The molecule has 0 atom stereocenters. The molecular weight excluding hydrogens is 284 g/mol. The van der Waals surface area contributed by atoms with Crippen molar-refractivity contribution in [1.29, 1.82) is 0 Å². The Kier molecular flexibility index (Phi) is 5.62. The number of rotatable bonds is 4. The van der Waals surface area contributed by atoms with E-state index in [-0.39, 0.29) is 18.0 Å². The summed E-state index contributed by atoms with van der Waals surface area (Å²) in [4.78, 5) is 22.7. The zero-order chi connectivity index (χ0) is 13.1. The minimum atomic E-state index is -0.106. The van der Waals surface area contributed by atoms with Crippen molar-refractivity contribution in [2.75, 3.05) is 0 Å². The molecule has 0 radical (unpaired) electrons. The van der Waals surface area contributed by atoms with E-state index in [0.29, 0.717) is 5.16 Å². The normalized spacial score (nSPS) is 10.3. The molecule has 2 heterocycles. The van der Waals surface area contributed by atoms with Gasteiger partial charge in [-0.2, -0.15) is 0 Å². The van der Waals surface area contributed by atoms with Gasteiger partial charge >= 0.3 is 0 Å². The Morgan fingerprint density at radius 3 is 2.79 bits per heavy atom. The Labute approximate surface area is 122 Å². The lowest BCUT2D eigenvalue weighted by molar-refractivity contribution is 0.731. The Bertz CT molecular complexity index is 608. The quantitative estimate of drug-likeness (QED) is 0.695. The van der Waals surface area contributed by atoms with Crippen LogP contribution in [0.15, 0.2) is 22.3 Å². The number of aryl methyl sites for hydroxylation is 3. The van der Waals surface area contributed by atoms with Gasteiger partial charge in [-0.25, -0.2) is 9.97 Å². The highest BCUT2D eigenvalue weighted by Gasteiger charge is 2.08. The zero-order valence-electron chi connectivity index (χ0n) is 11.1. The predicted molar refractivity (Wildman–Crippen MR) is 79.0 cm³/mol. The van der Waals surface area contributed by atoms with Crippen LogP contribution in [0.5, 0.6) is 0 Å². The van der Waals surface area contributed by atoms with E-state index in [1.807, 2.05) is 20.2 Å². The molecule has 0 spiro atoms. The van der Waals surface area contributed by atoms with Gasteiger partial charge in [-0.05, 0) is 20.8 Å². The molecule has 0 aliphatic carbocycles. The summed E-state index contributed by atoms with van der Waals surface area (Å²) in [5.74, 6) is 0.756. The number of H-pyrrole nitrogens is 1. The molecule has 0 aromatic carbocycles. The lowest BCUT2D eigenvalue weighted by atomic mass is 10.4. The molecule has 2 aromatic rings. The molecule has 0 aliphatic heterocycles. The van der Waals surface area contributed by atoms with E-state index in [2.05, 4.69) is 26.4 Å². The number of imidazole rings is 1. The van der Waals surface area contributed by atoms with Gasteiger partial charge in [-0.15, -0.1) is 12.4 Å². The van der Waals surface area contributed by atoms with Crippen LogP contribution in [-0.4, -0.2) is 19.5 Å². The van der Waals surface area contributed by atoms with Crippen LogP contribution in [0, 0.1) is 13.8 Å². The summed E-state index contributed by atoms with van der Waals surface area (Å²) < 4.78 is 2.11. The minimum Gasteiger partial charge on any atom is -0.334 e. The summed E-state index contributed by atoms with van der Waals surface area (Å²) in [7, 11) is 0. The third-order valence-corrected chi connectivity index (χ3v) is 3.57. The maximum Gasteiger partial charge on any atom is 0.251 e. The first-order chi connectivity index (χ1) is 8.60. The van der Waals surface area contributed by atoms with Crippen molar-refractivity contribution < 1.29 is 0 Å². The average molecular weight is 301 g/mol. The van der Waals surface area contributed by atoms with Crippen molar-refractivity contribution in [3.63, 3.8) is 0 Å². The summed E-state index contributed by atoms with van der Waals surface area (Å²) >= 11 is 1.52. The molecule has 2 rings (SSSR count). The number of thioether (sulfide) groups is 1. The third-order valence-electron chi connectivity index (χ3n) is 2.69. The highest BCUT2D eigenvalue weighted by Crippen LogP contribution is 2.20. The lowest BCUT2D eigenvalue weighted by Crippen LogP contribution is -2.08. The van der Waals surface area contributed by atoms with Crippen molar-refractivity contribution >= 4 is 24.2 Å². The molecule has 0 saturated carbocycles. The van der Waals surface area contributed by atoms with Crippen molar-refractivity contribution in [1.82, 2.24) is 19.5 Å². The molecule has 0 amide bonds. The van der Waals surface area contributed by atoms with Crippen LogP contribution >= 0.6 is 24.2 Å². The second-order valence-corrected chi connectivity index (χ2v) is 5.01. The molecule has 2 aromatic heterocycles. The van der Waals surface area contributed by atoms with Gasteiger partial charge in [0.15, 0.2) is 5.16 Å². The smallest absolute Gasteiger partial charge is 0.251 e. The molecule has 0 saturated heterocycles. The van der Waals surface area contributed by atoms with Crippen LogP contribution in [0.3, 0.4) is 0 Å². The molecule has 19 heavy (non-hydrogen) atoms. The van der Waals surface area contributed by atoms with Crippen molar-refractivity contribution in [3.8, 4) is 0 Å². The number of nitrogens with zero attached hydrogens (tertiary/aromatic N) is 3. The molecule has 7 heteroatoms. The molecule has 5 nitrogen and oxygen atoms in total. The molecule has 0 bridgehead atoms. The van der Waals surface area contributed by atoms with E-state index in [1.165, 1.54) is 23.5 Å². The topological polar surface area (TPSA) is 63.6 Å². The summed E-state index contributed by atoms with van der Waals surface area (Å²) in [5, 5.41) is 0.656. The van der Waals surface area contributed by atoms with Crippen LogP contribution in [0.1, 0.15) is 24.0 Å². The van der Waals surface area contributed by atoms with E-state index in [4.69, 9.17) is 0 Å². The number of nitrogens with one attached hydrogen (secondary N) is 1. The van der Waals surface area contributed by atoms with Gasteiger partial charge in [-0.1, -0.05) is 11.8 Å². The fraction of sp³-hybridized carbons (Fsp3) is 0.417. The van der Waals surface area contributed by atoms with Crippen LogP contribution in [0.4, 0.5) is 0 Å². The summed E-state index contributed by atoms with van der Waals surface area (Å²) in [5.41, 5.74) is 2.83. The van der Waals surface area contributed by atoms with Gasteiger partial charge in [0.1, 0.15) is 0 Å². The standard InChI is InChI=1S/C12H16N4OS.ClH/c1-4-16-7-13-9(3)10(16)6-18-12-14-8(2)5-11(17)15-12;/h5,7H,4,6H2,1-3H3,(H,14,15,17);1H. The SMILES string of the molecule is CCn1cnc(C)c1CSc1nc(C)cc(=O)[nH]1.Cl. The number of hydrogen-bond donors (Lipinski definition) is 1. The predicted octanol–water partition coefficient (Wildman–Crippen LogP) is 2.32. The molecule has 0 aliphatic rings. The van der Waals surface area contributed by atoms with Crippen LogP contribution < -0.4 is 5.56 Å². The number of aromatic amines is 1. The average Bonchev–Trinajstić information content (AvgIpc) is 2.66.